The van der Waals surface area contributed by atoms with Crippen LogP contribution in [0.4, 0.5) is 17.5 Å². The van der Waals surface area contributed by atoms with Crippen molar-refractivity contribution in [3.05, 3.63) is 39.5 Å². The molecule has 1 aromatic carbocycles. The van der Waals surface area contributed by atoms with Gasteiger partial charge in [0.1, 0.15) is 0 Å². The van der Waals surface area contributed by atoms with E-state index in [1.807, 2.05) is 0 Å². The van der Waals surface area contributed by atoms with Gasteiger partial charge in [0.2, 0.25) is 5.95 Å². The molecule has 2 rings (SSSR count). The number of halogens is 2. The maximum absolute atomic E-state index is 9.27. The van der Waals surface area contributed by atoms with E-state index in [1.54, 1.807) is 25.2 Å². The number of hydrogen-bond acceptors (Lipinski definition) is 6. The van der Waals surface area contributed by atoms with Gasteiger partial charge in [-0.25, -0.2) is 4.98 Å². The number of nitrogen functional groups attached to an aromatic ring is 1. The zero-order valence-electron chi connectivity index (χ0n) is 11.3. The number of hydrogen-bond donors (Lipinski definition) is 4. The van der Waals surface area contributed by atoms with Crippen LogP contribution in [0.25, 0.3) is 0 Å². The predicted molar refractivity (Wildman–Crippen MR) is 85.7 cm³/mol. The van der Waals surface area contributed by atoms with Crippen molar-refractivity contribution < 1.29 is 5.11 Å². The second-order valence-electron chi connectivity index (χ2n) is 4.22. The van der Waals surface area contributed by atoms with E-state index in [-0.39, 0.29) is 6.61 Å². The molecule has 6 nitrogen and oxygen atoms in total. The lowest BCUT2D eigenvalue weighted by atomic mass is 10.2. The van der Waals surface area contributed by atoms with Gasteiger partial charge in [-0.15, -0.1) is 0 Å². The molecule has 0 aliphatic heterocycles. The number of nitrogens with zero attached hydrogens (tertiary/aromatic N) is 2. The first kappa shape index (κ1) is 15.6. The summed E-state index contributed by atoms with van der Waals surface area (Å²) in [5, 5.41) is 16.3. The topological polar surface area (TPSA) is 96.1 Å². The van der Waals surface area contributed by atoms with Crippen LogP contribution in [0, 0.1) is 0 Å². The molecule has 0 fully saturated rings. The molecule has 0 bridgehead atoms. The molecule has 0 amide bonds. The van der Waals surface area contributed by atoms with Crippen molar-refractivity contribution in [3.63, 3.8) is 0 Å². The molecule has 1 heterocycles. The molecular formula is C13H15Cl2N5O. The molecule has 112 valence electrons. The third-order valence-electron chi connectivity index (χ3n) is 2.89. The largest absolute Gasteiger partial charge is 0.394 e. The summed E-state index contributed by atoms with van der Waals surface area (Å²) in [7, 11) is 1.68. The highest BCUT2D eigenvalue weighted by Crippen LogP contribution is 2.27. The van der Waals surface area contributed by atoms with Gasteiger partial charge in [-0.2, -0.15) is 4.98 Å². The fourth-order valence-electron chi connectivity index (χ4n) is 1.76. The van der Waals surface area contributed by atoms with E-state index < -0.39 is 0 Å². The van der Waals surface area contributed by atoms with Gasteiger partial charge in [0.25, 0.3) is 0 Å². The molecule has 0 atom stereocenters. The van der Waals surface area contributed by atoms with E-state index in [0.29, 0.717) is 39.7 Å². The number of nitrogens with one attached hydrogen (secondary N) is 2. The summed E-state index contributed by atoms with van der Waals surface area (Å²) in [5.74, 6) is 0.774. The lowest BCUT2D eigenvalue weighted by Crippen LogP contribution is -2.11. The van der Waals surface area contributed by atoms with E-state index in [1.165, 1.54) is 0 Å². The second-order valence-corrected chi connectivity index (χ2v) is 5.03. The Labute approximate surface area is 132 Å². The van der Waals surface area contributed by atoms with Gasteiger partial charge < -0.3 is 21.5 Å². The summed E-state index contributed by atoms with van der Waals surface area (Å²) >= 11 is 12.2. The molecular weight excluding hydrogens is 313 g/mol. The molecule has 0 saturated carbocycles. The van der Waals surface area contributed by atoms with Crippen molar-refractivity contribution in [1.29, 1.82) is 0 Å². The number of benzene rings is 1. The first-order valence-corrected chi connectivity index (χ1v) is 6.94. The van der Waals surface area contributed by atoms with E-state index in [2.05, 4.69) is 20.6 Å². The Morgan fingerprint density at radius 1 is 1.24 bits per heavy atom. The fraction of sp³-hybridized carbons (Fsp3) is 0.231. The Bertz CT molecular complexity index is 630. The van der Waals surface area contributed by atoms with Crippen LogP contribution >= 0.6 is 23.2 Å². The van der Waals surface area contributed by atoms with Crippen molar-refractivity contribution in [2.75, 3.05) is 23.4 Å². The molecule has 0 spiro atoms. The van der Waals surface area contributed by atoms with Crippen molar-refractivity contribution in [2.24, 2.45) is 0 Å². The highest BCUT2D eigenvalue weighted by atomic mass is 35.5. The van der Waals surface area contributed by atoms with Crippen LogP contribution in [0.5, 0.6) is 0 Å². The smallest absolute Gasteiger partial charge is 0.224 e. The summed E-state index contributed by atoms with van der Waals surface area (Å²) in [5.41, 5.74) is 7.30. The van der Waals surface area contributed by atoms with Crippen molar-refractivity contribution >= 4 is 40.7 Å². The predicted octanol–water partition coefficient (Wildman–Crippen LogP) is 2.51. The number of aliphatic hydroxyl groups excluding tert-OH is 1. The number of aliphatic hydroxyl groups is 1. The van der Waals surface area contributed by atoms with Crippen molar-refractivity contribution in [1.82, 2.24) is 9.97 Å². The van der Waals surface area contributed by atoms with Crippen LogP contribution in [0.2, 0.25) is 10.0 Å². The van der Waals surface area contributed by atoms with Crippen molar-refractivity contribution in [3.8, 4) is 0 Å². The van der Waals surface area contributed by atoms with Crippen LogP contribution in [0.15, 0.2) is 18.2 Å². The molecule has 0 aliphatic carbocycles. The Balaban J connectivity index is 2.27. The summed E-state index contributed by atoms with van der Waals surface area (Å²) in [4.78, 5) is 8.29. The number of nitrogens with two attached hydrogens (primary N) is 1. The third-order valence-corrected chi connectivity index (χ3v) is 3.60. The molecule has 21 heavy (non-hydrogen) atoms. The fourth-order valence-corrected chi connectivity index (χ4v) is 2.29. The summed E-state index contributed by atoms with van der Waals surface area (Å²) < 4.78 is 0. The van der Waals surface area contributed by atoms with E-state index in [0.717, 1.165) is 5.56 Å². The Hall–Kier alpha value is -1.76. The zero-order valence-corrected chi connectivity index (χ0v) is 12.8. The van der Waals surface area contributed by atoms with Gasteiger partial charge in [0.15, 0.2) is 5.82 Å². The van der Waals surface area contributed by atoms with E-state index in [9.17, 15) is 5.11 Å². The number of aromatic nitrogens is 2. The molecule has 0 unspecified atom stereocenters. The first-order valence-electron chi connectivity index (χ1n) is 6.18. The van der Waals surface area contributed by atoms with Crippen LogP contribution in [-0.4, -0.2) is 22.1 Å². The second kappa shape index (κ2) is 6.80. The minimum Gasteiger partial charge on any atom is -0.394 e. The first-order chi connectivity index (χ1) is 10.1. The normalized spacial score (nSPS) is 10.5. The average Bonchev–Trinajstić information content (AvgIpc) is 2.48. The Morgan fingerprint density at radius 3 is 2.48 bits per heavy atom. The summed E-state index contributed by atoms with van der Waals surface area (Å²) in [6.45, 7) is 0.0817. The molecule has 2 aromatic rings. The number of anilines is 3. The maximum Gasteiger partial charge on any atom is 0.224 e. The van der Waals surface area contributed by atoms with E-state index >= 15 is 0 Å². The minimum atomic E-state index is -0.273. The summed E-state index contributed by atoms with van der Waals surface area (Å²) in [6.07, 6.45) is 0. The SMILES string of the molecule is CNc1nc(CO)c(N)c(NCc2c(Cl)cccc2Cl)n1. The molecule has 0 radical (unpaired) electrons. The highest BCUT2D eigenvalue weighted by molar-refractivity contribution is 6.36. The zero-order chi connectivity index (χ0) is 15.4. The Kier molecular flexibility index (Phi) is 5.06. The van der Waals surface area contributed by atoms with Gasteiger partial charge in [0.05, 0.1) is 18.0 Å². The minimum absolute atomic E-state index is 0.273. The van der Waals surface area contributed by atoms with Gasteiger partial charge in [-0.05, 0) is 12.1 Å². The summed E-state index contributed by atoms with van der Waals surface area (Å²) in [6, 6.07) is 5.29. The lowest BCUT2D eigenvalue weighted by molar-refractivity contribution is 0.277. The third kappa shape index (κ3) is 3.47. The van der Waals surface area contributed by atoms with Crippen LogP contribution in [0.3, 0.4) is 0 Å². The molecule has 8 heteroatoms. The monoisotopic (exact) mass is 327 g/mol. The Morgan fingerprint density at radius 2 is 1.90 bits per heavy atom. The number of rotatable bonds is 5. The quantitative estimate of drug-likeness (QED) is 0.673. The molecule has 0 aliphatic rings. The van der Waals surface area contributed by atoms with Gasteiger partial charge in [-0.3, -0.25) is 0 Å². The highest BCUT2D eigenvalue weighted by Gasteiger charge is 2.12. The van der Waals surface area contributed by atoms with E-state index in [4.69, 9.17) is 28.9 Å². The van der Waals surface area contributed by atoms with Gasteiger partial charge in [-0.1, -0.05) is 29.3 Å². The molecule has 5 N–H and O–H groups in total. The average molecular weight is 328 g/mol. The molecule has 1 aromatic heterocycles. The molecule has 0 saturated heterocycles. The van der Waals surface area contributed by atoms with Crippen molar-refractivity contribution in [2.45, 2.75) is 13.2 Å². The van der Waals surface area contributed by atoms with Crippen LogP contribution in [0.1, 0.15) is 11.3 Å². The maximum atomic E-state index is 9.27. The van der Waals surface area contributed by atoms with Gasteiger partial charge >= 0.3 is 0 Å². The van der Waals surface area contributed by atoms with Gasteiger partial charge in [0, 0.05) is 29.2 Å². The lowest BCUT2D eigenvalue weighted by Gasteiger charge is -2.13. The van der Waals surface area contributed by atoms with Crippen LogP contribution in [-0.2, 0) is 13.2 Å². The standard InChI is InChI=1S/C13H15Cl2N5O/c1-17-13-19-10(6-21)11(16)12(20-13)18-5-7-8(14)3-2-4-9(7)15/h2-4,21H,5-6,16H2,1H3,(H2,17,18,19,20). The van der Waals surface area contributed by atoms with Crippen LogP contribution < -0.4 is 16.4 Å².